The maximum absolute atomic E-state index is 13.0. The fourth-order valence-corrected chi connectivity index (χ4v) is 3.41. The second-order valence-corrected chi connectivity index (χ2v) is 7.63. The van der Waals surface area contributed by atoms with E-state index in [0.717, 1.165) is 11.1 Å². The molecule has 33 heavy (non-hydrogen) atoms. The minimum Gasteiger partial charge on any atom is -0.475 e. The Kier molecular flexibility index (Phi) is 7.08. The molecule has 2 aromatic heterocycles. The predicted octanol–water partition coefficient (Wildman–Crippen LogP) is 2.34. The van der Waals surface area contributed by atoms with Gasteiger partial charge in [0.15, 0.2) is 0 Å². The third kappa shape index (κ3) is 5.71. The van der Waals surface area contributed by atoms with Gasteiger partial charge >= 0.3 is 12.1 Å². The van der Waals surface area contributed by atoms with Gasteiger partial charge in [-0.1, -0.05) is 23.7 Å². The van der Waals surface area contributed by atoms with Crippen LogP contribution < -0.4 is 10.9 Å². The molecule has 1 amide bonds. The summed E-state index contributed by atoms with van der Waals surface area (Å²) in [5.74, 6) is -3.03. The van der Waals surface area contributed by atoms with Gasteiger partial charge in [-0.25, -0.2) is 4.79 Å². The summed E-state index contributed by atoms with van der Waals surface area (Å²) in [7, 11) is 1.77. The average Bonchev–Trinajstić information content (AvgIpc) is 3.12. The highest BCUT2D eigenvalue weighted by Crippen LogP contribution is 2.21. The molecule has 4 rings (SSSR count). The third-order valence-corrected chi connectivity index (χ3v) is 5.22. The second-order valence-electron chi connectivity index (χ2n) is 7.19. The summed E-state index contributed by atoms with van der Waals surface area (Å²) in [6, 6.07) is 9.18. The lowest BCUT2D eigenvalue weighted by molar-refractivity contribution is -0.192. The third-order valence-electron chi connectivity index (χ3n) is 4.97. The van der Waals surface area contributed by atoms with Crippen LogP contribution in [0.2, 0.25) is 5.02 Å². The first kappa shape index (κ1) is 24.3. The number of H-pyrrole nitrogens is 1. The van der Waals surface area contributed by atoms with Gasteiger partial charge in [-0.3, -0.25) is 14.3 Å². The van der Waals surface area contributed by atoms with Crippen molar-refractivity contribution in [2.24, 2.45) is 7.05 Å². The lowest BCUT2D eigenvalue weighted by atomic mass is 10.0. The van der Waals surface area contributed by atoms with E-state index in [0.29, 0.717) is 30.2 Å². The average molecular weight is 486 g/mol. The highest BCUT2D eigenvalue weighted by Gasteiger charge is 2.38. The smallest absolute Gasteiger partial charge is 0.475 e. The first-order valence-corrected chi connectivity index (χ1v) is 9.98. The number of rotatable bonds is 2. The van der Waals surface area contributed by atoms with Crippen LogP contribution in [0.4, 0.5) is 13.2 Å². The highest BCUT2D eigenvalue weighted by atomic mass is 35.5. The zero-order valence-electron chi connectivity index (χ0n) is 17.2. The molecule has 1 atom stereocenters. The van der Waals surface area contributed by atoms with Gasteiger partial charge < -0.3 is 20.3 Å². The molecule has 1 aromatic carbocycles. The molecule has 0 saturated carbocycles. The second kappa shape index (κ2) is 9.63. The Bertz CT molecular complexity index is 1220. The molecule has 1 aliphatic rings. The zero-order chi connectivity index (χ0) is 24.3. The van der Waals surface area contributed by atoms with E-state index in [1.165, 1.54) is 0 Å². The molecule has 3 heterocycles. The van der Waals surface area contributed by atoms with Crippen molar-refractivity contribution in [1.29, 1.82) is 0 Å². The summed E-state index contributed by atoms with van der Waals surface area (Å²) < 4.78 is 33.4. The molecule has 13 heteroatoms. The van der Waals surface area contributed by atoms with E-state index in [-0.39, 0.29) is 17.5 Å². The van der Waals surface area contributed by atoms with Crippen LogP contribution in [0.5, 0.6) is 0 Å². The zero-order valence-corrected chi connectivity index (χ0v) is 17.9. The molecule has 0 bridgehead atoms. The monoisotopic (exact) mass is 485 g/mol. The number of alkyl halides is 3. The van der Waals surface area contributed by atoms with Gasteiger partial charge in [-0.2, -0.15) is 18.3 Å². The number of aromatic nitrogens is 3. The minimum absolute atomic E-state index is 0.00415. The normalized spacial score (nSPS) is 16.3. The molecule has 9 nitrogen and oxygen atoms in total. The van der Waals surface area contributed by atoms with E-state index in [1.807, 2.05) is 24.3 Å². The van der Waals surface area contributed by atoms with E-state index in [4.69, 9.17) is 21.5 Å². The van der Waals surface area contributed by atoms with Crippen LogP contribution in [0, 0.1) is 0 Å². The molecule has 3 N–H and O–H groups in total. The number of benzene rings is 1. The van der Waals surface area contributed by atoms with Gasteiger partial charge in [0.05, 0.1) is 17.2 Å². The van der Waals surface area contributed by atoms with Crippen molar-refractivity contribution in [2.45, 2.75) is 12.2 Å². The lowest BCUT2D eigenvalue weighted by Crippen LogP contribution is -2.49. The van der Waals surface area contributed by atoms with Crippen LogP contribution in [-0.2, 0) is 11.8 Å². The number of nitrogens with one attached hydrogen (secondary N) is 2. The van der Waals surface area contributed by atoms with E-state index in [1.54, 1.807) is 28.9 Å². The van der Waals surface area contributed by atoms with E-state index in [9.17, 15) is 22.8 Å². The highest BCUT2D eigenvalue weighted by molar-refractivity contribution is 6.30. The number of aromatic amines is 1. The molecule has 1 unspecified atom stereocenters. The van der Waals surface area contributed by atoms with Crippen LogP contribution in [0.15, 0.2) is 41.3 Å². The fraction of sp³-hybridized carbons (Fsp3) is 0.300. The van der Waals surface area contributed by atoms with Crippen molar-refractivity contribution in [3.05, 3.63) is 63.0 Å². The number of carboxylic acid groups (broad SMARTS) is 1. The number of pyridine rings is 1. The number of piperazine rings is 1. The summed E-state index contributed by atoms with van der Waals surface area (Å²) in [6.45, 7) is 1.69. The molecule has 0 radical (unpaired) electrons. The maximum Gasteiger partial charge on any atom is 0.490 e. The van der Waals surface area contributed by atoms with Crippen molar-refractivity contribution in [3.63, 3.8) is 0 Å². The molecule has 1 aliphatic heterocycles. The SMILES string of the molecule is Cn1ncc2[nH]c(=O)c(C(=O)N3CCNC(c4ccc(Cl)cc4)C3)cc21.O=C(O)C(F)(F)F. The van der Waals surface area contributed by atoms with Gasteiger partial charge in [0.1, 0.15) is 5.56 Å². The van der Waals surface area contributed by atoms with Crippen LogP contribution in [-0.4, -0.2) is 62.5 Å². The number of halogens is 4. The van der Waals surface area contributed by atoms with Crippen LogP contribution >= 0.6 is 11.6 Å². The molecule has 0 aliphatic carbocycles. The van der Waals surface area contributed by atoms with E-state index in [2.05, 4.69) is 15.4 Å². The summed E-state index contributed by atoms with van der Waals surface area (Å²) in [4.78, 5) is 38.6. The summed E-state index contributed by atoms with van der Waals surface area (Å²) in [5, 5.41) is 15.3. The number of carboxylic acids is 1. The molecular weight excluding hydrogens is 467 g/mol. The number of amides is 1. The number of fused-ring (bicyclic) bond motifs is 1. The predicted molar refractivity (Wildman–Crippen MR) is 113 cm³/mol. The maximum atomic E-state index is 13.0. The first-order valence-electron chi connectivity index (χ1n) is 9.60. The number of hydrogen-bond donors (Lipinski definition) is 3. The number of hydrogen-bond acceptors (Lipinski definition) is 5. The number of aryl methyl sites for hydroxylation is 1. The Morgan fingerprint density at radius 1 is 1.24 bits per heavy atom. The molecule has 0 spiro atoms. The van der Waals surface area contributed by atoms with Gasteiger partial charge in [0.2, 0.25) is 0 Å². The Labute approximate surface area is 189 Å². The summed E-state index contributed by atoms with van der Waals surface area (Å²) >= 11 is 5.95. The standard InChI is InChI=1S/C18H18ClN5O2.C2HF3O2/c1-23-16-8-13(17(25)22-14(16)9-21-23)18(26)24-7-6-20-15(10-24)11-2-4-12(19)5-3-11;3-2(4,5)1(6)7/h2-5,8-9,15,20H,6-7,10H2,1H3,(H,22,25);(H,6,7). The largest absolute Gasteiger partial charge is 0.490 e. The molecule has 176 valence electrons. The fourth-order valence-electron chi connectivity index (χ4n) is 3.29. The Balaban J connectivity index is 0.000000383. The Morgan fingerprint density at radius 2 is 1.88 bits per heavy atom. The van der Waals surface area contributed by atoms with Crippen LogP contribution in [0.3, 0.4) is 0 Å². The van der Waals surface area contributed by atoms with Crippen molar-refractivity contribution in [3.8, 4) is 0 Å². The Morgan fingerprint density at radius 3 is 2.48 bits per heavy atom. The number of carbonyl (C=O) groups is 2. The van der Waals surface area contributed by atoms with E-state index < -0.39 is 17.7 Å². The molecule has 1 fully saturated rings. The molecule has 1 saturated heterocycles. The number of nitrogens with zero attached hydrogens (tertiary/aromatic N) is 3. The van der Waals surface area contributed by atoms with Crippen molar-refractivity contribution in [2.75, 3.05) is 19.6 Å². The molecular formula is C20H19ClF3N5O4. The first-order chi connectivity index (χ1) is 15.5. The quantitative estimate of drug-likeness (QED) is 0.512. The van der Waals surface area contributed by atoms with Gasteiger partial charge in [0, 0.05) is 37.7 Å². The van der Waals surface area contributed by atoms with Crippen LogP contribution in [0.1, 0.15) is 22.0 Å². The summed E-state index contributed by atoms with van der Waals surface area (Å²) in [5.41, 5.74) is 2.14. The van der Waals surface area contributed by atoms with Gasteiger partial charge in [-0.05, 0) is 23.8 Å². The van der Waals surface area contributed by atoms with Crippen molar-refractivity contribution in [1.82, 2.24) is 25.0 Å². The minimum atomic E-state index is -5.08. The van der Waals surface area contributed by atoms with Gasteiger partial charge in [-0.15, -0.1) is 0 Å². The van der Waals surface area contributed by atoms with E-state index >= 15 is 0 Å². The topological polar surface area (TPSA) is 120 Å². The lowest BCUT2D eigenvalue weighted by Gasteiger charge is -2.34. The van der Waals surface area contributed by atoms with Crippen LogP contribution in [0.25, 0.3) is 11.0 Å². The number of carbonyl (C=O) groups excluding carboxylic acids is 1. The van der Waals surface area contributed by atoms with Gasteiger partial charge in [0.25, 0.3) is 11.5 Å². The molecule has 3 aromatic rings. The number of aliphatic carboxylic acids is 1. The van der Waals surface area contributed by atoms with Crippen molar-refractivity contribution < 1.29 is 27.9 Å². The van der Waals surface area contributed by atoms with Crippen molar-refractivity contribution >= 4 is 34.5 Å². The Hall–Kier alpha value is -3.38. The summed E-state index contributed by atoms with van der Waals surface area (Å²) in [6.07, 6.45) is -3.51.